The first kappa shape index (κ1) is 18.2. The Morgan fingerprint density at radius 3 is 2.54 bits per heavy atom. The van der Waals surface area contributed by atoms with Crippen LogP contribution in [-0.4, -0.2) is 40.0 Å². The van der Waals surface area contributed by atoms with Crippen LogP contribution in [0.2, 0.25) is 0 Å². The van der Waals surface area contributed by atoms with Crippen molar-refractivity contribution in [2.24, 2.45) is 0 Å². The lowest BCUT2D eigenvalue weighted by atomic mass is 10.1. The lowest BCUT2D eigenvalue weighted by Gasteiger charge is -2.17. The van der Waals surface area contributed by atoms with E-state index in [0.717, 1.165) is 0 Å². The van der Waals surface area contributed by atoms with E-state index >= 15 is 0 Å². The highest BCUT2D eigenvalue weighted by Crippen LogP contribution is 2.34. The van der Waals surface area contributed by atoms with E-state index in [2.05, 4.69) is 9.46 Å². The van der Waals surface area contributed by atoms with E-state index in [-0.39, 0.29) is 11.7 Å². The Morgan fingerprint density at radius 2 is 1.88 bits per heavy atom. The third-order valence-corrected chi connectivity index (χ3v) is 5.34. The van der Waals surface area contributed by atoms with E-state index in [0.29, 0.717) is 22.6 Å². The largest absolute Gasteiger partial charge is 0.465 e. The van der Waals surface area contributed by atoms with E-state index in [1.165, 1.54) is 37.4 Å². The zero-order valence-corrected chi connectivity index (χ0v) is 14.7. The number of hydrogen-bond acceptors (Lipinski definition) is 7. The van der Waals surface area contributed by atoms with Gasteiger partial charge in [-0.05, 0) is 29.8 Å². The summed E-state index contributed by atoms with van der Waals surface area (Å²) in [6, 6.07) is 9.49. The first-order chi connectivity index (χ1) is 12.4. The number of hydrogen-bond donors (Lipinski definition) is 2. The fourth-order valence-corrected chi connectivity index (χ4v) is 3.71. The molecule has 26 heavy (non-hydrogen) atoms. The zero-order valence-electron chi connectivity index (χ0n) is 13.8. The van der Waals surface area contributed by atoms with Crippen molar-refractivity contribution in [3.05, 3.63) is 53.6 Å². The van der Waals surface area contributed by atoms with Crippen LogP contribution >= 0.6 is 0 Å². The predicted molar refractivity (Wildman–Crippen MR) is 90.5 cm³/mol. The average molecular weight is 379 g/mol. The monoisotopic (exact) mass is 379 g/mol. The molecule has 0 radical (unpaired) electrons. The highest BCUT2D eigenvalue weighted by atomic mass is 32.2. The molecule has 2 N–H and O–H groups in total. The lowest BCUT2D eigenvalue weighted by Crippen LogP contribution is -2.30. The molecule has 1 aliphatic heterocycles. The number of benzene rings is 2. The second kappa shape index (κ2) is 7.32. The van der Waals surface area contributed by atoms with Gasteiger partial charge in [0, 0.05) is 6.07 Å². The number of methoxy groups -OCH3 is 1. The SMILES string of the molecule is COC(=O)c1ccc([C@H](CO)NS(=O)(=O)c2ccc3c(c2)OCO3)cc1. The highest BCUT2D eigenvalue weighted by molar-refractivity contribution is 7.89. The summed E-state index contributed by atoms with van der Waals surface area (Å²) in [5, 5.41) is 9.61. The summed E-state index contributed by atoms with van der Waals surface area (Å²) < 4.78 is 42.6. The van der Waals surface area contributed by atoms with Crippen LogP contribution in [0.15, 0.2) is 47.4 Å². The average Bonchev–Trinajstić information content (AvgIpc) is 3.13. The fraction of sp³-hybridized carbons (Fsp3) is 0.235. The molecule has 0 amide bonds. The summed E-state index contributed by atoms with van der Waals surface area (Å²) in [5.74, 6) is 0.315. The zero-order chi connectivity index (χ0) is 18.7. The molecule has 0 aliphatic carbocycles. The van der Waals surface area contributed by atoms with Gasteiger partial charge in [-0.15, -0.1) is 0 Å². The highest BCUT2D eigenvalue weighted by Gasteiger charge is 2.24. The molecule has 1 aliphatic rings. The van der Waals surface area contributed by atoms with Gasteiger partial charge in [-0.2, -0.15) is 0 Å². The lowest BCUT2D eigenvalue weighted by molar-refractivity contribution is 0.0600. The predicted octanol–water partition coefficient (Wildman–Crippen LogP) is 1.21. The number of fused-ring (bicyclic) bond motifs is 1. The number of aliphatic hydroxyl groups excluding tert-OH is 1. The number of esters is 1. The standard InChI is InChI=1S/C17H17NO7S/c1-23-17(20)12-4-2-11(3-5-12)14(9-19)18-26(21,22)13-6-7-15-16(8-13)25-10-24-15/h2-8,14,18-19H,9-10H2,1H3/t14-/m0/s1. The van der Waals surface area contributed by atoms with Gasteiger partial charge in [0.05, 0.1) is 30.2 Å². The molecule has 0 unspecified atom stereocenters. The summed E-state index contributed by atoms with van der Waals surface area (Å²) in [4.78, 5) is 11.5. The van der Waals surface area contributed by atoms with E-state index in [9.17, 15) is 18.3 Å². The van der Waals surface area contributed by atoms with Crippen molar-refractivity contribution in [2.45, 2.75) is 10.9 Å². The van der Waals surface area contributed by atoms with Gasteiger partial charge >= 0.3 is 5.97 Å². The van der Waals surface area contributed by atoms with Crippen molar-refractivity contribution in [3.8, 4) is 11.5 Å². The Bertz CT molecular complexity index is 909. The van der Waals surface area contributed by atoms with Crippen LogP contribution in [0.3, 0.4) is 0 Å². The molecule has 0 aromatic heterocycles. The maximum atomic E-state index is 12.6. The number of carbonyl (C=O) groups is 1. The van der Waals surface area contributed by atoms with E-state index in [1.807, 2.05) is 0 Å². The number of carbonyl (C=O) groups excluding carboxylic acids is 1. The number of aliphatic hydroxyl groups is 1. The first-order valence-electron chi connectivity index (χ1n) is 7.65. The molecule has 1 heterocycles. The Kier molecular flexibility index (Phi) is 5.12. The molecular formula is C17H17NO7S. The van der Waals surface area contributed by atoms with Gasteiger partial charge in [-0.25, -0.2) is 17.9 Å². The Labute approximate surface area is 150 Å². The van der Waals surface area contributed by atoms with Crippen molar-refractivity contribution < 1.29 is 32.5 Å². The van der Waals surface area contributed by atoms with Crippen molar-refractivity contribution >= 4 is 16.0 Å². The van der Waals surface area contributed by atoms with Crippen LogP contribution in [0.1, 0.15) is 22.0 Å². The Hall–Kier alpha value is -2.62. The maximum Gasteiger partial charge on any atom is 0.337 e. The van der Waals surface area contributed by atoms with Gasteiger partial charge in [-0.3, -0.25) is 0 Å². The smallest absolute Gasteiger partial charge is 0.337 e. The van der Waals surface area contributed by atoms with Crippen LogP contribution < -0.4 is 14.2 Å². The second-order valence-corrected chi connectivity index (χ2v) is 7.20. The van der Waals surface area contributed by atoms with Crippen LogP contribution in [0.25, 0.3) is 0 Å². The summed E-state index contributed by atoms with van der Waals surface area (Å²) in [7, 11) is -2.64. The third-order valence-electron chi connectivity index (χ3n) is 3.87. The Morgan fingerprint density at radius 1 is 1.19 bits per heavy atom. The van der Waals surface area contributed by atoms with Gasteiger partial charge in [0.15, 0.2) is 11.5 Å². The van der Waals surface area contributed by atoms with Crippen LogP contribution in [0, 0.1) is 0 Å². The van der Waals surface area contributed by atoms with E-state index in [1.54, 1.807) is 12.1 Å². The quantitative estimate of drug-likeness (QED) is 0.726. The molecule has 0 saturated heterocycles. The summed E-state index contributed by atoms with van der Waals surface area (Å²) >= 11 is 0. The van der Waals surface area contributed by atoms with Gasteiger partial charge in [0.1, 0.15) is 0 Å². The number of ether oxygens (including phenoxy) is 3. The molecule has 2 aromatic carbocycles. The molecule has 9 heteroatoms. The Balaban J connectivity index is 1.81. The van der Waals surface area contributed by atoms with Crippen LogP contribution in [0.5, 0.6) is 11.5 Å². The van der Waals surface area contributed by atoms with Crippen LogP contribution in [-0.2, 0) is 14.8 Å². The first-order valence-corrected chi connectivity index (χ1v) is 9.14. The summed E-state index contributed by atoms with van der Waals surface area (Å²) in [6.07, 6.45) is 0. The van der Waals surface area contributed by atoms with Crippen LogP contribution in [0.4, 0.5) is 0 Å². The molecule has 2 aromatic rings. The third kappa shape index (κ3) is 3.64. The topological polar surface area (TPSA) is 111 Å². The minimum Gasteiger partial charge on any atom is -0.465 e. The van der Waals surface area contributed by atoms with E-state index in [4.69, 9.17) is 9.47 Å². The number of sulfonamides is 1. The van der Waals surface area contributed by atoms with Gasteiger partial charge < -0.3 is 19.3 Å². The van der Waals surface area contributed by atoms with Gasteiger partial charge in [-0.1, -0.05) is 12.1 Å². The van der Waals surface area contributed by atoms with Crippen molar-refractivity contribution in [2.75, 3.05) is 20.5 Å². The molecule has 0 fully saturated rings. The minimum atomic E-state index is -3.91. The van der Waals surface area contributed by atoms with Gasteiger partial charge in [0.2, 0.25) is 16.8 Å². The summed E-state index contributed by atoms with van der Waals surface area (Å²) in [6.45, 7) is -0.417. The molecule has 3 rings (SSSR count). The minimum absolute atomic E-state index is 0.00798. The molecule has 0 spiro atoms. The second-order valence-electron chi connectivity index (χ2n) is 5.49. The normalized spacial score (nSPS) is 14.1. The van der Waals surface area contributed by atoms with Gasteiger partial charge in [0.25, 0.3) is 0 Å². The molecule has 138 valence electrons. The van der Waals surface area contributed by atoms with E-state index < -0.39 is 28.6 Å². The molecule has 0 saturated carbocycles. The van der Waals surface area contributed by atoms with Crippen molar-refractivity contribution in [1.82, 2.24) is 4.72 Å². The number of nitrogens with one attached hydrogen (secondary N) is 1. The molecule has 1 atom stereocenters. The molecular weight excluding hydrogens is 362 g/mol. The number of rotatable bonds is 6. The molecule has 0 bridgehead atoms. The maximum absolute atomic E-state index is 12.6. The molecule has 8 nitrogen and oxygen atoms in total. The summed E-state index contributed by atoms with van der Waals surface area (Å²) in [5.41, 5.74) is 0.830. The van der Waals surface area contributed by atoms with Crippen molar-refractivity contribution in [1.29, 1.82) is 0 Å². The van der Waals surface area contributed by atoms with Crippen molar-refractivity contribution in [3.63, 3.8) is 0 Å². The fourth-order valence-electron chi connectivity index (χ4n) is 2.48.